The van der Waals surface area contributed by atoms with Crippen LogP contribution in [0.1, 0.15) is 57.8 Å². The molecule has 4 nitrogen and oxygen atoms in total. The van der Waals surface area contributed by atoms with Gasteiger partial charge in [-0.15, -0.1) is 0 Å². The lowest BCUT2D eigenvalue weighted by atomic mass is 9.94. The minimum Gasteiger partial charge on any atom is -0.383 e. The Morgan fingerprint density at radius 2 is 1.89 bits per heavy atom. The van der Waals surface area contributed by atoms with E-state index in [-0.39, 0.29) is 0 Å². The molecule has 0 aliphatic carbocycles. The molecule has 4 heteroatoms. The highest BCUT2D eigenvalue weighted by atomic mass is 15.2. The van der Waals surface area contributed by atoms with Crippen LogP contribution in [-0.4, -0.2) is 22.6 Å². The second-order valence-corrected chi connectivity index (χ2v) is 6.25. The molecule has 1 aromatic heterocycles. The topological polar surface area (TPSA) is 55.0 Å². The normalized spacial score (nSPS) is 24.0. The Hall–Kier alpha value is -1.32. The van der Waals surface area contributed by atoms with Gasteiger partial charge in [-0.1, -0.05) is 20.8 Å². The van der Waals surface area contributed by atoms with Crippen molar-refractivity contribution in [3.63, 3.8) is 0 Å². The Labute approximate surface area is 116 Å². The molecule has 1 fully saturated rings. The molecule has 1 aromatic rings. The Balaban J connectivity index is 2.42. The molecule has 2 atom stereocenters. The van der Waals surface area contributed by atoms with Crippen LogP contribution in [0, 0.1) is 12.8 Å². The molecular weight excluding hydrogens is 236 g/mol. The summed E-state index contributed by atoms with van der Waals surface area (Å²) in [6.45, 7) is 11.9. The van der Waals surface area contributed by atoms with Crippen molar-refractivity contribution in [2.24, 2.45) is 5.92 Å². The molecule has 0 aromatic carbocycles. The van der Waals surface area contributed by atoms with Crippen LogP contribution >= 0.6 is 0 Å². The van der Waals surface area contributed by atoms with Gasteiger partial charge in [-0.05, 0) is 32.6 Å². The molecule has 2 unspecified atom stereocenters. The molecule has 1 aliphatic rings. The highest BCUT2D eigenvalue weighted by Gasteiger charge is 2.26. The summed E-state index contributed by atoms with van der Waals surface area (Å²) in [5, 5.41) is 0. The lowest BCUT2D eigenvalue weighted by Crippen LogP contribution is -2.42. The Kier molecular flexibility index (Phi) is 3.97. The highest BCUT2D eigenvalue weighted by Crippen LogP contribution is 2.31. The molecule has 106 valence electrons. The van der Waals surface area contributed by atoms with Crippen LogP contribution in [0.3, 0.4) is 0 Å². The van der Waals surface area contributed by atoms with Crippen LogP contribution in [0.2, 0.25) is 0 Å². The summed E-state index contributed by atoms with van der Waals surface area (Å²) in [6, 6.07) is 0.532. The second-order valence-electron chi connectivity index (χ2n) is 6.25. The first-order chi connectivity index (χ1) is 8.90. The maximum Gasteiger partial charge on any atom is 0.137 e. The van der Waals surface area contributed by atoms with E-state index in [1.807, 2.05) is 6.92 Å². The van der Waals surface area contributed by atoms with E-state index in [1.54, 1.807) is 0 Å². The molecule has 0 amide bonds. The zero-order valence-electron chi connectivity index (χ0n) is 12.8. The third-order valence-electron chi connectivity index (χ3n) is 4.08. The van der Waals surface area contributed by atoms with Crippen LogP contribution in [0.15, 0.2) is 0 Å². The van der Waals surface area contributed by atoms with Gasteiger partial charge in [-0.25, -0.2) is 9.97 Å². The molecule has 1 aliphatic heterocycles. The van der Waals surface area contributed by atoms with E-state index in [0.29, 0.717) is 23.7 Å². The van der Waals surface area contributed by atoms with Crippen LogP contribution in [0.25, 0.3) is 0 Å². The lowest BCUT2D eigenvalue weighted by molar-refractivity contribution is 0.387. The van der Waals surface area contributed by atoms with E-state index in [0.717, 1.165) is 23.8 Å². The third kappa shape index (κ3) is 2.82. The van der Waals surface area contributed by atoms with Gasteiger partial charge < -0.3 is 10.6 Å². The summed E-state index contributed by atoms with van der Waals surface area (Å²) in [6.07, 6.45) is 2.52. The molecule has 2 N–H and O–H groups in total. The van der Waals surface area contributed by atoms with Crippen molar-refractivity contribution in [2.45, 2.75) is 59.4 Å². The van der Waals surface area contributed by atoms with Gasteiger partial charge >= 0.3 is 0 Å². The predicted molar refractivity (Wildman–Crippen MR) is 80.5 cm³/mol. The van der Waals surface area contributed by atoms with Gasteiger partial charge in [0.1, 0.15) is 17.5 Å². The van der Waals surface area contributed by atoms with Gasteiger partial charge in [0, 0.05) is 24.1 Å². The van der Waals surface area contributed by atoms with Crippen molar-refractivity contribution in [1.82, 2.24) is 9.97 Å². The van der Waals surface area contributed by atoms with Crippen molar-refractivity contribution in [3.8, 4) is 0 Å². The number of anilines is 2. The van der Waals surface area contributed by atoms with Crippen LogP contribution in [0.4, 0.5) is 11.6 Å². The molecule has 2 rings (SSSR count). The SMILES string of the molecule is Cc1c(N)nc(C(C)C)nc1N1CC(C)CCC1C. The van der Waals surface area contributed by atoms with E-state index >= 15 is 0 Å². The average Bonchev–Trinajstić information content (AvgIpc) is 2.35. The zero-order chi connectivity index (χ0) is 14.2. The summed E-state index contributed by atoms with van der Waals surface area (Å²) in [5.41, 5.74) is 7.09. The van der Waals surface area contributed by atoms with E-state index in [1.165, 1.54) is 12.8 Å². The largest absolute Gasteiger partial charge is 0.383 e. The standard InChI is InChI=1S/C15H26N4/c1-9(2)14-17-13(16)12(5)15(18-14)19-8-10(3)6-7-11(19)4/h9-11H,6-8H2,1-5H3,(H2,16,17,18). The third-order valence-corrected chi connectivity index (χ3v) is 4.08. The van der Waals surface area contributed by atoms with Crippen molar-refractivity contribution in [2.75, 3.05) is 17.2 Å². The number of hydrogen-bond acceptors (Lipinski definition) is 4. The smallest absolute Gasteiger partial charge is 0.137 e. The van der Waals surface area contributed by atoms with Gasteiger partial charge in [0.25, 0.3) is 0 Å². The maximum absolute atomic E-state index is 6.07. The quantitative estimate of drug-likeness (QED) is 0.889. The number of rotatable bonds is 2. The number of nitrogens with zero attached hydrogens (tertiary/aromatic N) is 3. The van der Waals surface area contributed by atoms with Gasteiger partial charge in [0.2, 0.25) is 0 Å². The first-order valence-electron chi connectivity index (χ1n) is 7.30. The van der Waals surface area contributed by atoms with Gasteiger partial charge in [-0.2, -0.15) is 0 Å². The lowest BCUT2D eigenvalue weighted by Gasteiger charge is -2.38. The molecule has 0 saturated carbocycles. The summed E-state index contributed by atoms with van der Waals surface area (Å²) in [7, 11) is 0. The van der Waals surface area contributed by atoms with Gasteiger partial charge in [0.15, 0.2) is 0 Å². The van der Waals surface area contributed by atoms with E-state index in [9.17, 15) is 0 Å². The van der Waals surface area contributed by atoms with Crippen LogP contribution < -0.4 is 10.6 Å². The second kappa shape index (κ2) is 5.35. The van der Waals surface area contributed by atoms with Crippen molar-refractivity contribution < 1.29 is 0 Å². The first kappa shape index (κ1) is 14.1. The average molecular weight is 262 g/mol. The number of hydrogen-bond donors (Lipinski definition) is 1. The number of aromatic nitrogens is 2. The van der Waals surface area contributed by atoms with E-state index in [4.69, 9.17) is 10.7 Å². The van der Waals surface area contributed by atoms with Crippen molar-refractivity contribution in [3.05, 3.63) is 11.4 Å². The molecule has 2 heterocycles. The molecule has 1 saturated heterocycles. The summed E-state index contributed by atoms with van der Waals surface area (Å²) in [4.78, 5) is 11.6. The number of nitrogens with two attached hydrogens (primary N) is 1. The minimum absolute atomic E-state index is 0.305. The molecule has 19 heavy (non-hydrogen) atoms. The maximum atomic E-state index is 6.07. The summed E-state index contributed by atoms with van der Waals surface area (Å²) < 4.78 is 0. The number of nitrogen functional groups attached to an aromatic ring is 1. The summed E-state index contributed by atoms with van der Waals surface area (Å²) in [5.74, 6) is 3.53. The monoisotopic (exact) mass is 262 g/mol. The van der Waals surface area contributed by atoms with Crippen molar-refractivity contribution >= 4 is 11.6 Å². The van der Waals surface area contributed by atoms with E-state index < -0.39 is 0 Å². The van der Waals surface area contributed by atoms with Crippen LogP contribution in [-0.2, 0) is 0 Å². The minimum atomic E-state index is 0.305. The fourth-order valence-electron chi connectivity index (χ4n) is 2.66. The highest BCUT2D eigenvalue weighted by molar-refractivity contribution is 5.57. The first-order valence-corrected chi connectivity index (χ1v) is 7.30. The fraction of sp³-hybridized carbons (Fsp3) is 0.733. The van der Waals surface area contributed by atoms with Crippen LogP contribution in [0.5, 0.6) is 0 Å². The summed E-state index contributed by atoms with van der Waals surface area (Å²) >= 11 is 0. The molecular formula is C15H26N4. The van der Waals surface area contributed by atoms with E-state index in [2.05, 4.69) is 37.6 Å². The Bertz CT molecular complexity index is 456. The zero-order valence-corrected chi connectivity index (χ0v) is 12.8. The fourth-order valence-corrected chi connectivity index (χ4v) is 2.66. The molecule has 0 radical (unpaired) electrons. The van der Waals surface area contributed by atoms with Gasteiger partial charge in [0.05, 0.1) is 0 Å². The predicted octanol–water partition coefficient (Wildman–Crippen LogP) is 3.12. The van der Waals surface area contributed by atoms with Crippen molar-refractivity contribution in [1.29, 1.82) is 0 Å². The molecule has 0 spiro atoms. The number of piperidine rings is 1. The Morgan fingerprint density at radius 3 is 2.53 bits per heavy atom. The Morgan fingerprint density at radius 1 is 1.21 bits per heavy atom. The van der Waals surface area contributed by atoms with Gasteiger partial charge in [-0.3, -0.25) is 0 Å². The molecule has 0 bridgehead atoms.